The van der Waals surface area contributed by atoms with E-state index in [0.717, 1.165) is 12.0 Å². The minimum Gasteiger partial charge on any atom is -0.451 e. The number of Topliss-reactive ketones (excluding diaryl/α,β-unsaturated/α-hetero) is 1. The van der Waals surface area contributed by atoms with E-state index in [1.807, 2.05) is 19.1 Å². The molecule has 2 saturated carbocycles. The molecular formula is C25H32BO6. The summed E-state index contributed by atoms with van der Waals surface area (Å²) in [6, 6.07) is 0. The van der Waals surface area contributed by atoms with Crippen molar-refractivity contribution in [3.05, 3.63) is 34.9 Å². The molecule has 171 valence electrons. The van der Waals surface area contributed by atoms with Crippen LogP contribution in [0.5, 0.6) is 0 Å². The molecule has 6 nitrogen and oxygen atoms in total. The average Bonchev–Trinajstić information content (AvgIpc) is 3.25. The third-order valence-electron chi connectivity index (χ3n) is 9.17. The molecule has 3 fully saturated rings. The lowest BCUT2D eigenvalue weighted by Gasteiger charge is -2.50. The molecule has 0 amide bonds. The quantitative estimate of drug-likeness (QED) is 0.309. The zero-order valence-corrected chi connectivity index (χ0v) is 19.7. The zero-order valence-electron chi connectivity index (χ0n) is 19.7. The van der Waals surface area contributed by atoms with Crippen LogP contribution in [0, 0.1) is 34.5 Å². The molecule has 2 unspecified atom stereocenters. The van der Waals surface area contributed by atoms with Gasteiger partial charge in [0.25, 0.3) is 0 Å². The summed E-state index contributed by atoms with van der Waals surface area (Å²) in [4.78, 5) is 27.2. The van der Waals surface area contributed by atoms with Crippen molar-refractivity contribution in [2.24, 2.45) is 34.5 Å². The Kier molecular flexibility index (Phi) is 4.77. The van der Waals surface area contributed by atoms with Gasteiger partial charge in [-0.1, -0.05) is 39.0 Å². The molecule has 1 aliphatic heterocycles. The second kappa shape index (κ2) is 6.91. The van der Waals surface area contributed by atoms with Crippen molar-refractivity contribution in [3.8, 4) is 0 Å². The van der Waals surface area contributed by atoms with E-state index in [1.54, 1.807) is 19.9 Å². The minimum atomic E-state index is -1.75. The van der Waals surface area contributed by atoms with Crippen LogP contribution >= 0.6 is 0 Å². The van der Waals surface area contributed by atoms with Crippen molar-refractivity contribution in [2.45, 2.75) is 65.8 Å². The maximum atomic E-state index is 14.4. The number of carbonyl (C=O) groups excluding carboxylic acids is 2. The van der Waals surface area contributed by atoms with E-state index in [0.29, 0.717) is 17.1 Å². The van der Waals surface area contributed by atoms with Gasteiger partial charge in [-0.25, -0.2) is 4.79 Å². The first-order valence-electron chi connectivity index (χ1n) is 11.6. The molecule has 0 aromatic carbocycles. The summed E-state index contributed by atoms with van der Waals surface area (Å²) in [7, 11) is 1.24. The number of hydrogen-bond acceptors (Lipinski definition) is 6. The maximum absolute atomic E-state index is 14.4. The Morgan fingerprint density at radius 3 is 2.78 bits per heavy atom. The summed E-state index contributed by atoms with van der Waals surface area (Å²) < 4.78 is 17.3. The van der Waals surface area contributed by atoms with E-state index >= 15 is 0 Å². The molecule has 5 rings (SSSR count). The van der Waals surface area contributed by atoms with Gasteiger partial charge in [-0.3, -0.25) is 4.79 Å². The third-order valence-corrected chi connectivity index (χ3v) is 9.17. The highest BCUT2D eigenvalue weighted by molar-refractivity contribution is 6.18. The van der Waals surface area contributed by atoms with Crippen LogP contribution in [0.4, 0.5) is 0 Å². The zero-order chi connectivity index (χ0) is 23.2. The van der Waals surface area contributed by atoms with Crippen LogP contribution in [0.2, 0.25) is 0 Å². The van der Waals surface area contributed by atoms with Crippen molar-refractivity contribution in [1.82, 2.24) is 0 Å². The van der Waals surface area contributed by atoms with E-state index in [4.69, 9.17) is 14.0 Å². The highest BCUT2D eigenvalue weighted by atomic mass is 16.6. The number of esters is 1. The first-order chi connectivity index (χ1) is 15.0. The monoisotopic (exact) mass is 439 g/mol. The highest BCUT2D eigenvalue weighted by Crippen LogP contribution is 2.72. The number of rotatable bonds is 2. The Labute approximate surface area is 190 Å². The number of fused-ring (bicyclic) bond motifs is 5. The van der Waals surface area contributed by atoms with Crippen LogP contribution in [0.1, 0.15) is 48.0 Å². The fraction of sp³-hybridized carbons (Fsp3) is 0.680. The fourth-order valence-electron chi connectivity index (χ4n) is 7.29. The lowest BCUT2D eigenvalue weighted by molar-refractivity contribution is -0.201. The van der Waals surface area contributed by atoms with Crippen LogP contribution < -0.4 is 0 Å². The number of allylic oxidation sites excluding steroid dienone is 2. The Balaban J connectivity index is 1.70. The Hall–Kier alpha value is -1.70. The molecule has 7 heteroatoms. The standard InChI is InChI=1S/C25H32BO6/c1-7-12(2)22(28)31-20-13(3)10-24-14(4)8-17-18(23(17,5)6)16(19(24)27)9-15-11-30-26-32-21(15)25(20,24)29/h7,9-10,14,16-18,20-21,29H,8,11H2,1-6H3/b12-7-/t14?,16-,17+,18-,20-,21+,24?,25+/m0/s1. The van der Waals surface area contributed by atoms with Gasteiger partial charge >= 0.3 is 13.7 Å². The molecule has 0 aromatic heterocycles. The minimum absolute atomic E-state index is 0.0109. The van der Waals surface area contributed by atoms with Gasteiger partial charge in [0.1, 0.15) is 5.60 Å². The largest absolute Gasteiger partial charge is 0.488 e. The van der Waals surface area contributed by atoms with Gasteiger partial charge in [0, 0.05) is 11.5 Å². The SMILES string of the molecule is C/C=C(/C)C(=O)O[C@H]1C(C)=CC23C(=O)[C@@H](C=C4CO[B]O[C@H]4[C@]12O)[C@H]1[C@@H](CC3C)C1(C)C. The van der Waals surface area contributed by atoms with E-state index in [-0.39, 0.29) is 35.6 Å². The molecule has 1 radical (unpaired) electrons. The lowest BCUT2D eigenvalue weighted by Crippen LogP contribution is -2.67. The summed E-state index contributed by atoms with van der Waals surface area (Å²) in [6.07, 6.45) is 4.57. The normalized spacial score (nSPS) is 46.3. The fourth-order valence-corrected chi connectivity index (χ4v) is 7.29. The number of carbonyl (C=O) groups is 2. The summed E-state index contributed by atoms with van der Waals surface area (Å²) in [6.45, 7) is 12.0. The second-order valence-corrected chi connectivity index (χ2v) is 11.0. The first-order valence-corrected chi connectivity index (χ1v) is 11.6. The summed E-state index contributed by atoms with van der Waals surface area (Å²) >= 11 is 0. The van der Waals surface area contributed by atoms with Crippen LogP contribution in [-0.4, -0.2) is 49.0 Å². The van der Waals surface area contributed by atoms with Crippen LogP contribution in [0.25, 0.3) is 0 Å². The lowest BCUT2D eigenvalue weighted by atomic mass is 9.58. The molecule has 1 saturated heterocycles. The van der Waals surface area contributed by atoms with Crippen molar-refractivity contribution < 1.29 is 28.7 Å². The highest BCUT2D eigenvalue weighted by Gasteiger charge is 2.76. The van der Waals surface area contributed by atoms with Gasteiger partial charge in [0.15, 0.2) is 11.9 Å². The third kappa shape index (κ3) is 2.53. The molecule has 0 aromatic rings. The van der Waals surface area contributed by atoms with Gasteiger partial charge in [0.2, 0.25) is 0 Å². The first kappa shape index (κ1) is 22.1. The van der Waals surface area contributed by atoms with Gasteiger partial charge in [0.05, 0.1) is 18.1 Å². The van der Waals surface area contributed by atoms with Gasteiger partial charge in [-0.15, -0.1) is 0 Å². The molecule has 1 N–H and O–H groups in total. The summed E-state index contributed by atoms with van der Waals surface area (Å²) in [5.74, 6) is -0.333. The summed E-state index contributed by atoms with van der Waals surface area (Å²) in [5.41, 5.74) is -0.993. The molecule has 2 bridgehead atoms. The smallest absolute Gasteiger partial charge is 0.451 e. The molecule has 1 heterocycles. The molecule has 4 aliphatic carbocycles. The molecular weight excluding hydrogens is 407 g/mol. The number of ether oxygens (including phenoxy) is 1. The Morgan fingerprint density at radius 1 is 1.38 bits per heavy atom. The average molecular weight is 439 g/mol. The Bertz CT molecular complexity index is 979. The maximum Gasteiger partial charge on any atom is 0.488 e. The molecule has 8 atom stereocenters. The van der Waals surface area contributed by atoms with E-state index < -0.39 is 29.2 Å². The van der Waals surface area contributed by atoms with Crippen LogP contribution in [-0.2, 0) is 23.6 Å². The number of ketones is 1. The second-order valence-electron chi connectivity index (χ2n) is 11.0. The molecule has 1 spiro atoms. The van der Waals surface area contributed by atoms with Crippen molar-refractivity contribution in [2.75, 3.05) is 6.61 Å². The number of hydrogen-bond donors (Lipinski definition) is 1. The van der Waals surface area contributed by atoms with E-state index in [2.05, 4.69) is 20.8 Å². The van der Waals surface area contributed by atoms with Gasteiger partial charge < -0.3 is 19.2 Å². The van der Waals surface area contributed by atoms with Gasteiger partial charge in [-0.05, 0) is 61.5 Å². The topological polar surface area (TPSA) is 82.1 Å². The summed E-state index contributed by atoms with van der Waals surface area (Å²) in [5, 5.41) is 12.6. The van der Waals surface area contributed by atoms with Crippen molar-refractivity contribution in [3.63, 3.8) is 0 Å². The van der Waals surface area contributed by atoms with Crippen molar-refractivity contribution in [1.29, 1.82) is 0 Å². The predicted molar refractivity (Wildman–Crippen MR) is 118 cm³/mol. The van der Waals surface area contributed by atoms with E-state index in [9.17, 15) is 14.7 Å². The molecule has 5 aliphatic rings. The predicted octanol–water partition coefficient (Wildman–Crippen LogP) is 2.93. The van der Waals surface area contributed by atoms with E-state index in [1.165, 1.54) is 7.69 Å². The van der Waals surface area contributed by atoms with Crippen LogP contribution in [0.15, 0.2) is 34.9 Å². The van der Waals surface area contributed by atoms with Gasteiger partial charge in [-0.2, -0.15) is 0 Å². The Morgan fingerprint density at radius 2 is 2.09 bits per heavy atom. The molecule has 32 heavy (non-hydrogen) atoms. The van der Waals surface area contributed by atoms with Crippen LogP contribution in [0.3, 0.4) is 0 Å². The number of aliphatic hydroxyl groups is 1. The van der Waals surface area contributed by atoms with Crippen molar-refractivity contribution >= 4 is 19.4 Å².